The predicted octanol–water partition coefficient (Wildman–Crippen LogP) is 2.74. The second kappa shape index (κ2) is 7.18. The SMILES string of the molecule is C[C@H](OC(C)(C)C)C1C[C@H](COC(=O)N2CCCC2)CN1C. The van der Waals surface area contributed by atoms with E-state index in [0.29, 0.717) is 18.6 Å². The van der Waals surface area contributed by atoms with Gasteiger partial charge in [0.2, 0.25) is 0 Å². The van der Waals surface area contributed by atoms with Crippen LogP contribution in [-0.4, -0.2) is 66.9 Å². The molecule has 128 valence electrons. The molecule has 0 saturated carbocycles. The molecule has 2 fully saturated rings. The van der Waals surface area contributed by atoms with E-state index >= 15 is 0 Å². The maximum Gasteiger partial charge on any atom is 0.409 e. The highest BCUT2D eigenvalue weighted by Crippen LogP contribution is 2.28. The van der Waals surface area contributed by atoms with Crippen molar-refractivity contribution in [1.29, 1.82) is 0 Å². The molecule has 0 aliphatic carbocycles. The highest BCUT2D eigenvalue weighted by atomic mass is 16.6. The topological polar surface area (TPSA) is 42.0 Å². The number of rotatable bonds is 4. The first-order valence-electron chi connectivity index (χ1n) is 8.56. The van der Waals surface area contributed by atoms with Crippen LogP contribution >= 0.6 is 0 Å². The summed E-state index contributed by atoms with van der Waals surface area (Å²) in [7, 11) is 2.13. The van der Waals surface area contributed by atoms with Crippen molar-refractivity contribution in [3.05, 3.63) is 0 Å². The molecule has 0 aromatic heterocycles. The fourth-order valence-corrected chi connectivity index (χ4v) is 3.63. The first kappa shape index (κ1) is 17.5. The molecule has 5 nitrogen and oxygen atoms in total. The third kappa shape index (κ3) is 4.85. The van der Waals surface area contributed by atoms with Crippen molar-refractivity contribution in [3.63, 3.8) is 0 Å². The molecule has 2 aliphatic rings. The van der Waals surface area contributed by atoms with Gasteiger partial charge >= 0.3 is 6.09 Å². The van der Waals surface area contributed by atoms with Gasteiger partial charge in [0.15, 0.2) is 0 Å². The molecule has 1 unspecified atom stereocenters. The Balaban J connectivity index is 1.76. The molecule has 0 aromatic rings. The molecule has 5 heteroatoms. The van der Waals surface area contributed by atoms with Gasteiger partial charge in [-0.15, -0.1) is 0 Å². The molecule has 2 rings (SSSR count). The predicted molar refractivity (Wildman–Crippen MR) is 87.0 cm³/mol. The Kier molecular flexibility index (Phi) is 5.72. The van der Waals surface area contributed by atoms with Crippen LogP contribution in [0, 0.1) is 5.92 Å². The van der Waals surface area contributed by atoms with Crippen LogP contribution in [0.1, 0.15) is 47.0 Å². The molecule has 0 aromatic carbocycles. The number of likely N-dealkylation sites (tertiary alicyclic amines) is 2. The molecule has 0 N–H and O–H groups in total. The maximum atomic E-state index is 12.0. The Morgan fingerprint density at radius 1 is 1.27 bits per heavy atom. The van der Waals surface area contributed by atoms with Crippen LogP contribution in [0.15, 0.2) is 0 Å². The van der Waals surface area contributed by atoms with E-state index in [1.165, 1.54) is 0 Å². The molecule has 0 spiro atoms. The van der Waals surface area contributed by atoms with Gasteiger partial charge in [-0.1, -0.05) is 0 Å². The number of nitrogens with zero attached hydrogens (tertiary/aromatic N) is 2. The molecule has 1 amide bonds. The van der Waals surface area contributed by atoms with Crippen LogP contribution in [0.25, 0.3) is 0 Å². The summed E-state index contributed by atoms with van der Waals surface area (Å²) in [6.45, 7) is 11.6. The number of amides is 1. The smallest absolute Gasteiger partial charge is 0.409 e. The first-order chi connectivity index (χ1) is 10.3. The van der Waals surface area contributed by atoms with E-state index in [1.807, 2.05) is 4.90 Å². The van der Waals surface area contributed by atoms with E-state index in [-0.39, 0.29) is 17.8 Å². The van der Waals surface area contributed by atoms with Crippen LogP contribution in [0.4, 0.5) is 4.79 Å². The lowest BCUT2D eigenvalue weighted by Gasteiger charge is -2.32. The zero-order chi connectivity index (χ0) is 16.3. The molecular formula is C17H32N2O3. The van der Waals surface area contributed by atoms with Crippen LogP contribution < -0.4 is 0 Å². The molecule has 2 saturated heterocycles. The minimum atomic E-state index is -0.136. The normalized spacial score (nSPS) is 28.1. The van der Waals surface area contributed by atoms with Gasteiger partial charge in [0, 0.05) is 31.6 Å². The largest absolute Gasteiger partial charge is 0.449 e. The molecule has 0 radical (unpaired) electrons. The zero-order valence-electron chi connectivity index (χ0n) is 14.8. The van der Waals surface area contributed by atoms with Gasteiger partial charge in [0.25, 0.3) is 0 Å². The van der Waals surface area contributed by atoms with Crippen LogP contribution in [-0.2, 0) is 9.47 Å². The summed E-state index contributed by atoms with van der Waals surface area (Å²) >= 11 is 0. The second-order valence-corrected chi connectivity index (χ2v) is 7.82. The summed E-state index contributed by atoms with van der Waals surface area (Å²) in [5.41, 5.74) is -0.124. The van der Waals surface area contributed by atoms with E-state index in [1.54, 1.807) is 0 Å². The number of hydrogen-bond acceptors (Lipinski definition) is 4. The third-order valence-corrected chi connectivity index (χ3v) is 4.58. The lowest BCUT2D eigenvalue weighted by Crippen LogP contribution is -2.40. The Bertz CT molecular complexity index is 375. The molecule has 2 aliphatic heterocycles. The maximum absolute atomic E-state index is 12.0. The quantitative estimate of drug-likeness (QED) is 0.800. The van der Waals surface area contributed by atoms with Gasteiger partial charge in [0.1, 0.15) is 0 Å². The number of likely N-dealkylation sites (N-methyl/N-ethyl adjacent to an activating group) is 1. The van der Waals surface area contributed by atoms with E-state index in [4.69, 9.17) is 9.47 Å². The Morgan fingerprint density at radius 2 is 1.91 bits per heavy atom. The van der Waals surface area contributed by atoms with Gasteiger partial charge in [-0.05, 0) is 54.0 Å². The van der Waals surface area contributed by atoms with Gasteiger partial charge < -0.3 is 19.3 Å². The lowest BCUT2D eigenvalue weighted by molar-refractivity contribution is -0.0778. The van der Waals surface area contributed by atoms with Crippen LogP contribution in [0.5, 0.6) is 0 Å². The number of ether oxygens (including phenoxy) is 2. The number of carbonyl (C=O) groups excluding carboxylic acids is 1. The van der Waals surface area contributed by atoms with Crippen molar-refractivity contribution in [2.45, 2.75) is 64.7 Å². The molecule has 0 bridgehead atoms. The number of carbonyl (C=O) groups is 1. The Morgan fingerprint density at radius 3 is 2.50 bits per heavy atom. The molecular weight excluding hydrogens is 280 g/mol. The highest BCUT2D eigenvalue weighted by molar-refractivity contribution is 5.67. The van der Waals surface area contributed by atoms with E-state index in [0.717, 1.165) is 38.9 Å². The van der Waals surface area contributed by atoms with Crippen molar-refractivity contribution in [2.24, 2.45) is 5.92 Å². The summed E-state index contributed by atoms with van der Waals surface area (Å²) in [4.78, 5) is 16.1. The monoisotopic (exact) mass is 312 g/mol. The summed E-state index contributed by atoms with van der Waals surface area (Å²) in [6.07, 6.45) is 3.28. The van der Waals surface area contributed by atoms with Gasteiger partial charge in [-0.2, -0.15) is 0 Å². The van der Waals surface area contributed by atoms with Gasteiger partial charge in [0.05, 0.1) is 18.3 Å². The van der Waals surface area contributed by atoms with Crippen LogP contribution in [0.2, 0.25) is 0 Å². The zero-order valence-corrected chi connectivity index (χ0v) is 14.8. The third-order valence-electron chi connectivity index (χ3n) is 4.58. The van der Waals surface area contributed by atoms with Crippen LogP contribution in [0.3, 0.4) is 0 Å². The summed E-state index contributed by atoms with van der Waals surface area (Å²) in [5, 5.41) is 0. The standard InChI is InChI=1S/C17H32N2O3/c1-13(22-17(2,3)4)15-10-14(11-18(15)5)12-21-16(20)19-8-6-7-9-19/h13-15H,6-12H2,1-5H3/t13-,14-,15?/m0/s1. The Hall–Kier alpha value is -0.810. The number of hydrogen-bond donors (Lipinski definition) is 0. The van der Waals surface area contributed by atoms with E-state index in [2.05, 4.69) is 39.6 Å². The van der Waals surface area contributed by atoms with Crippen molar-refractivity contribution in [2.75, 3.05) is 33.3 Å². The molecule has 22 heavy (non-hydrogen) atoms. The minimum Gasteiger partial charge on any atom is -0.449 e. The van der Waals surface area contributed by atoms with E-state index < -0.39 is 0 Å². The average molecular weight is 312 g/mol. The van der Waals surface area contributed by atoms with Gasteiger partial charge in [-0.3, -0.25) is 0 Å². The summed E-state index contributed by atoms with van der Waals surface area (Å²) in [5.74, 6) is 0.410. The van der Waals surface area contributed by atoms with Crippen molar-refractivity contribution in [3.8, 4) is 0 Å². The highest BCUT2D eigenvalue weighted by Gasteiger charge is 2.36. The van der Waals surface area contributed by atoms with E-state index in [9.17, 15) is 4.79 Å². The Labute approximate surface area is 134 Å². The fraction of sp³-hybridized carbons (Fsp3) is 0.941. The molecule has 3 atom stereocenters. The van der Waals surface area contributed by atoms with Crippen molar-refractivity contribution >= 4 is 6.09 Å². The first-order valence-corrected chi connectivity index (χ1v) is 8.56. The fourth-order valence-electron chi connectivity index (χ4n) is 3.63. The van der Waals surface area contributed by atoms with Crippen molar-refractivity contribution < 1.29 is 14.3 Å². The minimum absolute atomic E-state index is 0.124. The second-order valence-electron chi connectivity index (χ2n) is 7.82. The lowest BCUT2D eigenvalue weighted by atomic mass is 10.0. The summed E-state index contributed by atoms with van der Waals surface area (Å²) in [6, 6.07) is 0.398. The van der Waals surface area contributed by atoms with Crippen molar-refractivity contribution in [1.82, 2.24) is 9.80 Å². The average Bonchev–Trinajstić information content (AvgIpc) is 3.03. The molecule has 2 heterocycles. The van der Waals surface area contributed by atoms with Gasteiger partial charge in [-0.25, -0.2) is 4.79 Å². The summed E-state index contributed by atoms with van der Waals surface area (Å²) < 4.78 is 11.6.